The molecule has 1 unspecified atom stereocenters. The van der Waals surface area contributed by atoms with Crippen LogP contribution < -0.4 is 15.4 Å². The summed E-state index contributed by atoms with van der Waals surface area (Å²) in [5.41, 5.74) is 0. The average molecular weight is 354 g/mol. The highest BCUT2D eigenvalue weighted by Gasteiger charge is 2.37. The number of amides is 1. The van der Waals surface area contributed by atoms with Crippen molar-refractivity contribution in [1.29, 1.82) is 0 Å². The number of nitrogens with one attached hydrogen (secondary N) is 2. The zero-order valence-corrected chi connectivity index (χ0v) is 14.4. The first-order chi connectivity index (χ1) is 12.8. The third-order valence-corrected chi connectivity index (χ3v) is 4.72. The van der Waals surface area contributed by atoms with Gasteiger partial charge in [0.15, 0.2) is 0 Å². The molecule has 2 aliphatic heterocycles. The maximum absolute atomic E-state index is 11.8. The number of carbonyl (C=O) groups is 1. The monoisotopic (exact) mass is 354 g/mol. The Bertz CT molecular complexity index is 749. The third kappa shape index (κ3) is 3.94. The molecule has 2 fully saturated rings. The van der Waals surface area contributed by atoms with Gasteiger partial charge in [-0.25, -0.2) is 4.98 Å². The summed E-state index contributed by atoms with van der Waals surface area (Å²) in [4.78, 5) is 20.6. The van der Waals surface area contributed by atoms with Crippen LogP contribution in [0, 0.1) is 0 Å². The fourth-order valence-corrected chi connectivity index (χ4v) is 3.47. The number of rotatable bonds is 5. The van der Waals surface area contributed by atoms with Crippen LogP contribution in [0.15, 0.2) is 42.6 Å². The Hall–Kier alpha value is -2.67. The van der Waals surface area contributed by atoms with Crippen molar-refractivity contribution in [2.75, 3.05) is 11.9 Å². The Kier molecular flexibility index (Phi) is 4.97. The molecule has 1 aromatic heterocycles. The van der Waals surface area contributed by atoms with E-state index in [1.54, 1.807) is 12.3 Å². The van der Waals surface area contributed by atoms with E-state index in [4.69, 9.17) is 9.47 Å². The quantitative estimate of drug-likeness (QED) is 0.858. The molecular formula is C19H22N4O3. The number of hydrogen-bond donors (Lipinski definition) is 2. The molecule has 7 nitrogen and oxygen atoms in total. The Balaban J connectivity index is 1.46. The minimum absolute atomic E-state index is 0.0303. The van der Waals surface area contributed by atoms with Gasteiger partial charge in [-0.05, 0) is 31.4 Å². The molecule has 2 aliphatic rings. The van der Waals surface area contributed by atoms with Gasteiger partial charge in [-0.15, -0.1) is 0 Å². The fourth-order valence-electron chi connectivity index (χ4n) is 3.47. The lowest BCUT2D eigenvalue weighted by Gasteiger charge is -2.36. The van der Waals surface area contributed by atoms with Gasteiger partial charge in [0.1, 0.15) is 5.75 Å². The summed E-state index contributed by atoms with van der Waals surface area (Å²) < 4.78 is 11.6. The van der Waals surface area contributed by atoms with Gasteiger partial charge in [-0.1, -0.05) is 18.2 Å². The largest absolute Gasteiger partial charge is 0.439 e. The number of anilines is 1. The smallest absolute Gasteiger partial charge is 0.226 e. The first-order valence-electron chi connectivity index (χ1n) is 9.01. The van der Waals surface area contributed by atoms with E-state index in [1.807, 2.05) is 30.3 Å². The zero-order chi connectivity index (χ0) is 17.8. The van der Waals surface area contributed by atoms with Gasteiger partial charge < -0.3 is 20.1 Å². The number of piperidine rings is 1. The molecule has 1 aromatic carbocycles. The molecule has 1 amide bonds. The number of ether oxygens (including phenoxy) is 2. The second-order valence-electron chi connectivity index (χ2n) is 6.57. The topological polar surface area (TPSA) is 85.4 Å². The number of benzene rings is 1. The average Bonchev–Trinajstić information content (AvgIpc) is 3.19. The van der Waals surface area contributed by atoms with Crippen molar-refractivity contribution in [2.45, 2.75) is 43.9 Å². The van der Waals surface area contributed by atoms with E-state index in [0.29, 0.717) is 18.2 Å². The van der Waals surface area contributed by atoms with Gasteiger partial charge in [0, 0.05) is 25.3 Å². The predicted octanol–water partition coefficient (Wildman–Crippen LogP) is 2.51. The van der Waals surface area contributed by atoms with E-state index < -0.39 is 0 Å². The van der Waals surface area contributed by atoms with Crippen LogP contribution in [-0.4, -0.2) is 40.7 Å². The molecule has 7 heteroatoms. The summed E-state index contributed by atoms with van der Waals surface area (Å²) in [5.74, 6) is 1.76. The lowest BCUT2D eigenvalue weighted by Crippen LogP contribution is -2.57. The highest BCUT2D eigenvalue weighted by molar-refractivity contribution is 5.77. The van der Waals surface area contributed by atoms with Crippen molar-refractivity contribution in [3.05, 3.63) is 42.6 Å². The van der Waals surface area contributed by atoms with Crippen molar-refractivity contribution in [1.82, 2.24) is 15.3 Å². The van der Waals surface area contributed by atoms with Crippen LogP contribution in [0.4, 0.5) is 5.95 Å². The van der Waals surface area contributed by atoms with E-state index in [9.17, 15) is 4.79 Å². The molecule has 0 radical (unpaired) electrons. The zero-order valence-electron chi connectivity index (χ0n) is 14.4. The fraction of sp³-hybridized carbons (Fsp3) is 0.421. The van der Waals surface area contributed by atoms with Crippen LogP contribution in [0.1, 0.15) is 25.7 Å². The third-order valence-electron chi connectivity index (χ3n) is 4.72. The summed E-state index contributed by atoms with van der Waals surface area (Å²) in [6.45, 7) is 0.751. The molecule has 0 saturated carbocycles. The van der Waals surface area contributed by atoms with Crippen molar-refractivity contribution in [2.24, 2.45) is 0 Å². The maximum atomic E-state index is 11.8. The molecule has 4 rings (SSSR count). The highest BCUT2D eigenvalue weighted by Crippen LogP contribution is 2.25. The molecule has 2 N–H and O–H groups in total. The van der Waals surface area contributed by atoms with E-state index in [-0.39, 0.29) is 24.1 Å². The highest BCUT2D eigenvalue weighted by atomic mass is 16.5. The number of aromatic nitrogens is 2. The second kappa shape index (κ2) is 7.70. The minimum Gasteiger partial charge on any atom is -0.439 e. The summed E-state index contributed by atoms with van der Waals surface area (Å²) in [7, 11) is 0. The second-order valence-corrected chi connectivity index (χ2v) is 6.57. The first-order valence-corrected chi connectivity index (χ1v) is 9.01. The number of para-hydroxylation sites is 1. The van der Waals surface area contributed by atoms with Crippen LogP contribution in [-0.2, 0) is 9.53 Å². The van der Waals surface area contributed by atoms with Crippen LogP contribution in [0.2, 0.25) is 0 Å². The number of hydrogen-bond acceptors (Lipinski definition) is 6. The van der Waals surface area contributed by atoms with Gasteiger partial charge in [-0.3, -0.25) is 4.79 Å². The summed E-state index contributed by atoms with van der Waals surface area (Å²) in [6.07, 6.45) is 4.91. The molecule has 2 saturated heterocycles. The molecule has 0 bridgehead atoms. The molecule has 3 heterocycles. The first kappa shape index (κ1) is 16.8. The SMILES string of the molecule is O=C1CC[C@H](Nc2nccc(Oc3ccccc3)n2)[C@@H](C2CCCO2)N1. The van der Waals surface area contributed by atoms with Gasteiger partial charge >= 0.3 is 0 Å². The van der Waals surface area contributed by atoms with E-state index >= 15 is 0 Å². The molecule has 2 aromatic rings. The maximum Gasteiger partial charge on any atom is 0.226 e. The van der Waals surface area contributed by atoms with Gasteiger partial charge in [0.25, 0.3) is 0 Å². The molecule has 3 atom stereocenters. The van der Waals surface area contributed by atoms with Gasteiger partial charge in [-0.2, -0.15) is 4.98 Å². The predicted molar refractivity (Wildman–Crippen MR) is 96.1 cm³/mol. The van der Waals surface area contributed by atoms with Gasteiger partial charge in [0.2, 0.25) is 17.7 Å². The van der Waals surface area contributed by atoms with Gasteiger partial charge in [0.05, 0.1) is 18.2 Å². The van der Waals surface area contributed by atoms with Crippen LogP contribution in [0.25, 0.3) is 0 Å². The lowest BCUT2D eigenvalue weighted by molar-refractivity contribution is -0.124. The molecule has 0 aliphatic carbocycles. The van der Waals surface area contributed by atoms with Crippen molar-refractivity contribution < 1.29 is 14.3 Å². The number of nitrogens with zero attached hydrogens (tertiary/aromatic N) is 2. The van der Waals surface area contributed by atoms with Crippen LogP contribution in [0.5, 0.6) is 11.6 Å². The molecule has 0 spiro atoms. The standard InChI is InChI=1S/C19H22N4O3/c24-16-9-8-14(18(22-16)15-7-4-12-25-15)21-19-20-11-10-17(23-19)26-13-5-2-1-3-6-13/h1-3,5-6,10-11,14-15,18H,4,7-9,12H2,(H,22,24)(H,20,21,23)/t14-,15?,18-/m0/s1. The Morgan fingerprint density at radius 2 is 2.08 bits per heavy atom. The molecular weight excluding hydrogens is 332 g/mol. The summed E-state index contributed by atoms with van der Waals surface area (Å²) in [6, 6.07) is 11.2. The Morgan fingerprint density at radius 1 is 1.19 bits per heavy atom. The summed E-state index contributed by atoms with van der Waals surface area (Å²) >= 11 is 0. The Labute approximate surface area is 152 Å². The number of carbonyl (C=O) groups excluding carboxylic acids is 1. The van der Waals surface area contributed by atoms with E-state index in [1.165, 1.54) is 0 Å². The Morgan fingerprint density at radius 3 is 2.88 bits per heavy atom. The summed E-state index contributed by atoms with van der Waals surface area (Å²) in [5, 5.41) is 6.43. The molecule has 136 valence electrons. The lowest BCUT2D eigenvalue weighted by atomic mass is 9.92. The van der Waals surface area contributed by atoms with Crippen molar-refractivity contribution in [3.63, 3.8) is 0 Å². The normalized spacial score (nSPS) is 25.5. The minimum atomic E-state index is -0.0685. The van der Waals surface area contributed by atoms with Crippen LogP contribution >= 0.6 is 0 Å². The van der Waals surface area contributed by atoms with E-state index in [0.717, 1.165) is 31.6 Å². The van der Waals surface area contributed by atoms with Crippen molar-refractivity contribution in [3.8, 4) is 11.6 Å². The van der Waals surface area contributed by atoms with E-state index in [2.05, 4.69) is 20.6 Å². The molecule has 26 heavy (non-hydrogen) atoms. The van der Waals surface area contributed by atoms with Crippen molar-refractivity contribution >= 4 is 11.9 Å². The van der Waals surface area contributed by atoms with Crippen LogP contribution in [0.3, 0.4) is 0 Å².